The second-order valence-electron chi connectivity index (χ2n) is 4.93. The minimum Gasteiger partial charge on any atom is -0.748 e. The van der Waals surface area contributed by atoms with Crippen LogP contribution in [0.15, 0.2) is 24.3 Å². The molecule has 0 aliphatic rings. The first-order valence-corrected chi connectivity index (χ1v) is 8.45. The van der Waals surface area contributed by atoms with E-state index in [1.807, 2.05) is 31.2 Å². The Morgan fingerprint density at radius 3 is 2.40 bits per heavy atom. The van der Waals surface area contributed by atoms with Gasteiger partial charge in [0, 0.05) is 11.3 Å². The van der Waals surface area contributed by atoms with Gasteiger partial charge in [-0.25, -0.2) is 8.42 Å². The zero-order valence-electron chi connectivity index (χ0n) is 12.1. The lowest BCUT2D eigenvalue weighted by atomic mass is 10.2. The number of benzene rings is 1. The molecule has 0 bridgehead atoms. The quantitative estimate of drug-likeness (QED) is 0.530. The number of rotatable bonds is 9. The molecule has 6 heteroatoms. The molecular formula is C14H23NO4S. The van der Waals surface area contributed by atoms with Gasteiger partial charge in [-0.3, -0.25) is 0 Å². The Bertz CT molecular complexity index is 484. The van der Waals surface area contributed by atoms with Crippen molar-refractivity contribution in [3.63, 3.8) is 0 Å². The molecule has 0 saturated carbocycles. The highest BCUT2D eigenvalue weighted by Crippen LogP contribution is 2.11. The second-order valence-corrected chi connectivity index (χ2v) is 6.45. The predicted octanol–water partition coefficient (Wildman–Crippen LogP) is 0.425. The molecule has 1 N–H and O–H groups in total. The van der Waals surface area contributed by atoms with Gasteiger partial charge >= 0.3 is 0 Å². The first kappa shape index (κ1) is 16.9. The maximum Gasteiger partial charge on any atom is 0.119 e. The number of hydrogen-bond donors (Lipinski definition) is 1. The van der Waals surface area contributed by atoms with Crippen molar-refractivity contribution in [1.82, 2.24) is 0 Å². The van der Waals surface area contributed by atoms with Gasteiger partial charge in [-0.15, -0.1) is 0 Å². The molecule has 0 fully saturated rings. The molecule has 1 atom stereocenters. The van der Waals surface area contributed by atoms with Crippen molar-refractivity contribution in [3.05, 3.63) is 29.8 Å². The third-order valence-electron chi connectivity index (χ3n) is 2.99. The van der Waals surface area contributed by atoms with Crippen LogP contribution in [-0.2, 0) is 16.7 Å². The van der Waals surface area contributed by atoms with Crippen LogP contribution in [0.2, 0.25) is 0 Å². The number of nitrogens with one attached hydrogen (secondary N) is 1. The van der Waals surface area contributed by atoms with Crippen LogP contribution in [0, 0.1) is 0 Å². The molecule has 0 heterocycles. The Hall–Kier alpha value is -1.11. The van der Waals surface area contributed by atoms with Crippen LogP contribution in [0.4, 0.5) is 0 Å². The number of hydrogen-bond acceptors (Lipinski definition) is 4. The summed E-state index contributed by atoms with van der Waals surface area (Å²) in [5.41, 5.74) is 1.21. The van der Waals surface area contributed by atoms with Crippen LogP contribution in [0.5, 0.6) is 5.75 Å². The molecule has 1 unspecified atom stereocenters. The molecule has 1 aromatic carbocycles. The van der Waals surface area contributed by atoms with Crippen molar-refractivity contribution in [2.24, 2.45) is 0 Å². The third kappa shape index (κ3) is 7.47. The van der Waals surface area contributed by atoms with Crippen LogP contribution in [0.3, 0.4) is 0 Å². The van der Waals surface area contributed by atoms with Crippen LogP contribution < -0.4 is 9.64 Å². The molecule has 0 radical (unpaired) electrons. The predicted molar refractivity (Wildman–Crippen MR) is 76.9 cm³/mol. The van der Waals surface area contributed by atoms with E-state index >= 15 is 0 Å². The van der Waals surface area contributed by atoms with Crippen molar-refractivity contribution < 1.29 is 22.6 Å². The van der Waals surface area contributed by atoms with Gasteiger partial charge < -0.3 is 14.2 Å². The van der Waals surface area contributed by atoms with Crippen molar-refractivity contribution in [1.29, 1.82) is 0 Å². The zero-order valence-corrected chi connectivity index (χ0v) is 12.9. The summed E-state index contributed by atoms with van der Waals surface area (Å²) in [5.74, 6) is 0.609. The van der Waals surface area contributed by atoms with E-state index in [0.29, 0.717) is 13.0 Å². The lowest BCUT2D eigenvalue weighted by molar-refractivity contribution is -0.894. The molecule has 0 spiro atoms. The molecule has 1 rings (SSSR count). The van der Waals surface area contributed by atoms with Crippen LogP contribution in [0.1, 0.15) is 25.3 Å². The molecule has 0 amide bonds. The summed E-state index contributed by atoms with van der Waals surface area (Å²) in [4.78, 5) is 1.29. The molecule has 1 aromatic rings. The lowest BCUT2D eigenvalue weighted by Gasteiger charge is -2.14. The van der Waals surface area contributed by atoms with Gasteiger partial charge in [0.1, 0.15) is 12.3 Å². The fourth-order valence-corrected chi connectivity index (χ4v) is 2.57. The smallest absolute Gasteiger partial charge is 0.119 e. The summed E-state index contributed by atoms with van der Waals surface area (Å²) < 4.78 is 36.8. The first-order chi connectivity index (χ1) is 9.40. The number of unbranched alkanes of at least 4 members (excludes halogenated alkanes) is 1. The summed E-state index contributed by atoms with van der Waals surface area (Å²) in [6.45, 7) is 4.33. The maximum absolute atomic E-state index is 10.5. The standard InChI is InChI=1S/C14H23NO4S/c1-3-19-14-8-6-13(7-9-14)12-15(2)10-4-5-11-20(16,17)18/h6-9H,3-5,10-12H2,1-2H3,(H,16,17,18). The maximum atomic E-state index is 10.5. The summed E-state index contributed by atoms with van der Waals surface area (Å²) in [6, 6.07) is 7.99. The Morgan fingerprint density at radius 2 is 1.85 bits per heavy atom. The molecule has 114 valence electrons. The highest BCUT2D eigenvalue weighted by Gasteiger charge is 2.05. The van der Waals surface area contributed by atoms with Crippen LogP contribution in [-0.4, -0.2) is 38.9 Å². The SMILES string of the molecule is CCOc1ccc(C[NH+](C)CCCCS(=O)(=O)[O-])cc1. The molecule has 0 saturated heterocycles. The molecule has 0 aromatic heterocycles. The minimum atomic E-state index is -4.06. The van der Waals surface area contributed by atoms with Gasteiger partial charge in [0.25, 0.3) is 0 Å². The number of quaternary nitrogens is 1. The monoisotopic (exact) mass is 301 g/mol. The normalized spacial score (nSPS) is 13.2. The molecular weight excluding hydrogens is 278 g/mol. The summed E-state index contributed by atoms with van der Waals surface area (Å²) in [7, 11) is -2.01. The highest BCUT2D eigenvalue weighted by atomic mass is 32.2. The molecule has 5 nitrogen and oxygen atoms in total. The van der Waals surface area contributed by atoms with E-state index in [1.54, 1.807) is 0 Å². The summed E-state index contributed by atoms with van der Waals surface area (Å²) in [6.07, 6.45) is 1.18. The van der Waals surface area contributed by atoms with E-state index in [1.165, 1.54) is 10.5 Å². The van der Waals surface area contributed by atoms with Crippen LogP contribution >= 0.6 is 0 Å². The Morgan fingerprint density at radius 1 is 1.20 bits per heavy atom. The van der Waals surface area contributed by atoms with Gasteiger partial charge in [-0.2, -0.15) is 0 Å². The van der Waals surface area contributed by atoms with Gasteiger partial charge in [0.05, 0.1) is 30.3 Å². The van der Waals surface area contributed by atoms with Gasteiger partial charge in [0.2, 0.25) is 0 Å². The second kappa shape index (κ2) is 8.24. The topological polar surface area (TPSA) is 70.9 Å². The van der Waals surface area contributed by atoms with Crippen molar-refractivity contribution in [3.8, 4) is 5.75 Å². The molecule has 0 aliphatic carbocycles. The van der Waals surface area contributed by atoms with E-state index in [9.17, 15) is 13.0 Å². The van der Waals surface area contributed by atoms with Crippen molar-refractivity contribution in [2.75, 3.05) is 26.0 Å². The van der Waals surface area contributed by atoms with E-state index in [2.05, 4.69) is 7.05 Å². The van der Waals surface area contributed by atoms with Gasteiger partial charge in [-0.1, -0.05) is 0 Å². The van der Waals surface area contributed by atoms with E-state index in [-0.39, 0.29) is 5.75 Å². The van der Waals surface area contributed by atoms with Gasteiger partial charge in [0.15, 0.2) is 0 Å². The zero-order chi connectivity index (χ0) is 15.0. The van der Waals surface area contributed by atoms with Crippen molar-refractivity contribution >= 4 is 10.1 Å². The van der Waals surface area contributed by atoms with E-state index < -0.39 is 10.1 Å². The molecule has 0 aliphatic heterocycles. The minimum absolute atomic E-state index is 0.261. The highest BCUT2D eigenvalue weighted by molar-refractivity contribution is 7.85. The third-order valence-corrected chi connectivity index (χ3v) is 3.78. The first-order valence-electron chi connectivity index (χ1n) is 6.87. The largest absolute Gasteiger partial charge is 0.748 e. The Labute approximate surface area is 121 Å². The van der Waals surface area contributed by atoms with Crippen molar-refractivity contribution in [2.45, 2.75) is 26.3 Å². The fraction of sp³-hybridized carbons (Fsp3) is 0.571. The average Bonchev–Trinajstić information content (AvgIpc) is 2.36. The van der Waals surface area contributed by atoms with E-state index in [0.717, 1.165) is 25.3 Å². The Balaban J connectivity index is 2.29. The number of ether oxygens (including phenoxy) is 1. The average molecular weight is 301 g/mol. The molecule has 20 heavy (non-hydrogen) atoms. The summed E-state index contributed by atoms with van der Waals surface area (Å²) >= 11 is 0. The van der Waals surface area contributed by atoms with E-state index in [4.69, 9.17) is 4.74 Å². The van der Waals surface area contributed by atoms with Crippen LogP contribution in [0.25, 0.3) is 0 Å². The van der Waals surface area contributed by atoms with Gasteiger partial charge in [-0.05, 0) is 44.0 Å². The summed E-state index contributed by atoms with van der Waals surface area (Å²) in [5, 5.41) is 0. The fourth-order valence-electron chi connectivity index (χ4n) is 2.01. The lowest BCUT2D eigenvalue weighted by Crippen LogP contribution is -3.07. The Kier molecular flexibility index (Phi) is 6.98.